The minimum atomic E-state index is 0.703. The molecule has 0 unspecified atom stereocenters. The Labute approximate surface area is 123 Å². The number of aromatic nitrogens is 1. The monoisotopic (exact) mass is 284 g/mol. The maximum absolute atomic E-state index is 5.69. The zero-order chi connectivity index (χ0) is 13.9. The van der Waals surface area contributed by atoms with Crippen molar-refractivity contribution >= 4 is 22.2 Å². The predicted octanol–water partition coefficient (Wildman–Crippen LogP) is 3.81. The summed E-state index contributed by atoms with van der Waals surface area (Å²) >= 11 is 1.91. The molecule has 0 saturated carbocycles. The van der Waals surface area contributed by atoms with Gasteiger partial charge in [-0.25, -0.2) is 0 Å². The second kappa shape index (κ2) is 5.81. The molecule has 0 amide bonds. The van der Waals surface area contributed by atoms with Gasteiger partial charge in [0.1, 0.15) is 0 Å². The van der Waals surface area contributed by atoms with Crippen LogP contribution >= 0.6 is 11.3 Å². The van der Waals surface area contributed by atoms with E-state index in [1.807, 2.05) is 11.3 Å². The summed E-state index contributed by atoms with van der Waals surface area (Å²) in [6.07, 6.45) is 4.26. The number of benzene rings is 1. The molecule has 0 spiro atoms. The van der Waals surface area contributed by atoms with Crippen molar-refractivity contribution in [1.29, 1.82) is 0 Å². The molecule has 0 aliphatic carbocycles. The molecule has 2 aromatic heterocycles. The van der Waals surface area contributed by atoms with Gasteiger partial charge in [-0.3, -0.25) is 0 Å². The van der Waals surface area contributed by atoms with Gasteiger partial charge >= 0.3 is 0 Å². The average Bonchev–Trinajstić information content (AvgIpc) is 3.08. The SMILES string of the molecule is CCc1ccc(Cn2ccc3c(CCN)cccc32)s1. The van der Waals surface area contributed by atoms with Crippen molar-refractivity contribution in [2.24, 2.45) is 5.73 Å². The van der Waals surface area contributed by atoms with Crippen LogP contribution in [0.25, 0.3) is 10.9 Å². The number of nitrogens with zero attached hydrogens (tertiary/aromatic N) is 1. The van der Waals surface area contributed by atoms with Gasteiger partial charge in [0.05, 0.1) is 6.54 Å². The molecular weight excluding hydrogens is 264 g/mol. The van der Waals surface area contributed by atoms with Crippen molar-refractivity contribution < 1.29 is 0 Å². The Hall–Kier alpha value is -1.58. The molecule has 0 saturated heterocycles. The molecule has 2 heterocycles. The van der Waals surface area contributed by atoms with Gasteiger partial charge < -0.3 is 10.3 Å². The first-order valence-corrected chi connectivity index (χ1v) is 7.98. The van der Waals surface area contributed by atoms with Gasteiger partial charge in [-0.1, -0.05) is 19.1 Å². The highest BCUT2D eigenvalue weighted by Crippen LogP contribution is 2.24. The molecule has 2 N–H and O–H groups in total. The van der Waals surface area contributed by atoms with Crippen molar-refractivity contribution in [2.45, 2.75) is 26.3 Å². The molecule has 3 heteroatoms. The summed E-state index contributed by atoms with van der Waals surface area (Å²) in [4.78, 5) is 2.88. The fourth-order valence-corrected chi connectivity index (χ4v) is 3.62. The first-order valence-electron chi connectivity index (χ1n) is 7.16. The molecular formula is C17H20N2S. The highest BCUT2D eigenvalue weighted by Gasteiger charge is 2.06. The normalized spacial score (nSPS) is 11.3. The lowest BCUT2D eigenvalue weighted by molar-refractivity contribution is 0.851. The third-order valence-electron chi connectivity index (χ3n) is 3.71. The third-order valence-corrected chi connectivity index (χ3v) is 4.92. The lowest BCUT2D eigenvalue weighted by Gasteiger charge is -2.05. The van der Waals surface area contributed by atoms with E-state index in [0.717, 1.165) is 19.4 Å². The molecule has 0 aliphatic rings. The van der Waals surface area contributed by atoms with Gasteiger partial charge in [-0.2, -0.15) is 0 Å². The van der Waals surface area contributed by atoms with Crippen LogP contribution in [-0.4, -0.2) is 11.1 Å². The van der Waals surface area contributed by atoms with Crippen LogP contribution in [0.15, 0.2) is 42.6 Å². The molecule has 0 bridgehead atoms. The highest BCUT2D eigenvalue weighted by atomic mass is 32.1. The van der Waals surface area contributed by atoms with Crippen molar-refractivity contribution in [1.82, 2.24) is 4.57 Å². The Morgan fingerprint density at radius 1 is 1.10 bits per heavy atom. The number of fused-ring (bicyclic) bond motifs is 1. The van der Waals surface area contributed by atoms with Crippen molar-refractivity contribution in [3.63, 3.8) is 0 Å². The summed E-state index contributed by atoms with van der Waals surface area (Å²) in [6.45, 7) is 3.87. The van der Waals surface area contributed by atoms with Gasteiger partial charge in [0, 0.05) is 26.9 Å². The average molecular weight is 284 g/mol. The summed E-state index contributed by atoms with van der Waals surface area (Å²) in [5, 5.41) is 1.34. The zero-order valence-electron chi connectivity index (χ0n) is 11.8. The minimum absolute atomic E-state index is 0.703. The Bertz CT molecular complexity index is 709. The number of nitrogens with two attached hydrogens (primary N) is 1. The molecule has 0 aliphatic heterocycles. The second-order valence-electron chi connectivity index (χ2n) is 5.05. The van der Waals surface area contributed by atoms with Crippen molar-refractivity contribution in [3.05, 3.63) is 57.9 Å². The van der Waals surface area contributed by atoms with Crippen molar-refractivity contribution in [3.8, 4) is 0 Å². The Morgan fingerprint density at radius 2 is 1.95 bits per heavy atom. The molecule has 3 rings (SSSR count). The molecule has 0 atom stereocenters. The van der Waals surface area contributed by atoms with Gasteiger partial charge in [0.2, 0.25) is 0 Å². The molecule has 0 fully saturated rings. The topological polar surface area (TPSA) is 30.9 Å². The lowest BCUT2D eigenvalue weighted by atomic mass is 10.1. The van der Waals surface area contributed by atoms with E-state index >= 15 is 0 Å². The molecule has 104 valence electrons. The lowest BCUT2D eigenvalue weighted by Crippen LogP contribution is -2.03. The standard InChI is InChI=1S/C17H20N2S/c1-2-14-6-7-15(20-14)12-19-11-9-16-13(8-10-18)4-3-5-17(16)19/h3-7,9,11H,2,8,10,12,18H2,1H3. The molecule has 0 radical (unpaired) electrons. The summed E-state index contributed by atoms with van der Waals surface area (Å²) < 4.78 is 2.33. The number of thiophene rings is 1. The number of hydrogen-bond donors (Lipinski definition) is 1. The van der Waals surface area contributed by atoms with Crippen molar-refractivity contribution in [2.75, 3.05) is 6.54 Å². The second-order valence-corrected chi connectivity index (χ2v) is 6.31. The number of rotatable bonds is 5. The maximum atomic E-state index is 5.69. The van der Waals surface area contributed by atoms with Gasteiger partial charge in [-0.05, 0) is 49.2 Å². The fourth-order valence-electron chi connectivity index (χ4n) is 2.66. The Kier molecular flexibility index (Phi) is 3.90. The van der Waals surface area contributed by atoms with Crippen LogP contribution < -0.4 is 5.73 Å². The Balaban J connectivity index is 1.94. The van der Waals surface area contributed by atoms with E-state index in [4.69, 9.17) is 5.73 Å². The summed E-state index contributed by atoms with van der Waals surface area (Å²) in [5.74, 6) is 0. The molecule has 2 nitrogen and oxygen atoms in total. The van der Waals surface area contributed by atoms with Crippen LogP contribution in [0.1, 0.15) is 22.2 Å². The van der Waals surface area contributed by atoms with E-state index in [-0.39, 0.29) is 0 Å². The van der Waals surface area contributed by atoms with E-state index in [1.54, 1.807) is 0 Å². The van der Waals surface area contributed by atoms with E-state index < -0.39 is 0 Å². The molecule has 3 aromatic rings. The first kappa shape index (κ1) is 13.4. The van der Waals surface area contributed by atoms with Crippen LogP contribution in [0.3, 0.4) is 0 Å². The van der Waals surface area contributed by atoms with Crippen LogP contribution in [0, 0.1) is 0 Å². The Morgan fingerprint density at radius 3 is 2.70 bits per heavy atom. The third kappa shape index (κ3) is 2.51. The fraction of sp³-hybridized carbons (Fsp3) is 0.294. The maximum Gasteiger partial charge on any atom is 0.0569 e. The molecule has 20 heavy (non-hydrogen) atoms. The first-order chi connectivity index (χ1) is 9.81. The number of hydrogen-bond acceptors (Lipinski definition) is 2. The minimum Gasteiger partial charge on any atom is -0.342 e. The summed E-state index contributed by atoms with van der Waals surface area (Å²) in [7, 11) is 0. The van der Waals surface area contributed by atoms with E-state index in [9.17, 15) is 0 Å². The van der Waals surface area contributed by atoms with Crippen LogP contribution in [0.4, 0.5) is 0 Å². The summed E-state index contributed by atoms with van der Waals surface area (Å²) in [5.41, 5.74) is 8.35. The predicted molar refractivity (Wildman–Crippen MR) is 87.5 cm³/mol. The smallest absolute Gasteiger partial charge is 0.0569 e. The summed E-state index contributed by atoms with van der Waals surface area (Å²) in [6, 6.07) is 13.2. The zero-order valence-corrected chi connectivity index (χ0v) is 12.6. The highest BCUT2D eigenvalue weighted by molar-refractivity contribution is 7.11. The van der Waals surface area contributed by atoms with E-state index in [1.165, 1.54) is 26.2 Å². The van der Waals surface area contributed by atoms with Crippen LogP contribution in [0.2, 0.25) is 0 Å². The number of aryl methyl sites for hydroxylation is 1. The quantitative estimate of drug-likeness (QED) is 0.759. The van der Waals surface area contributed by atoms with E-state index in [2.05, 4.69) is 54.1 Å². The van der Waals surface area contributed by atoms with Gasteiger partial charge in [-0.15, -0.1) is 11.3 Å². The van der Waals surface area contributed by atoms with Gasteiger partial charge in [0.15, 0.2) is 0 Å². The van der Waals surface area contributed by atoms with Crippen LogP contribution in [-0.2, 0) is 19.4 Å². The van der Waals surface area contributed by atoms with Crippen LogP contribution in [0.5, 0.6) is 0 Å². The largest absolute Gasteiger partial charge is 0.342 e. The van der Waals surface area contributed by atoms with E-state index in [0.29, 0.717) is 6.54 Å². The molecule has 1 aromatic carbocycles. The van der Waals surface area contributed by atoms with Gasteiger partial charge in [0.25, 0.3) is 0 Å².